The van der Waals surface area contributed by atoms with Crippen LogP contribution in [-0.4, -0.2) is 47.0 Å². The van der Waals surface area contributed by atoms with Crippen LogP contribution in [0.2, 0.25) is 0 Å². The number of aliphatic hydroxyl groups excluding tert-OH is 2. The SMILES string of the molecule is C=C1/C=C\C(O)=C2/C[C@]34CCN(C)[C@H](C1)C3C=C[C@H](O)[C@@H]4O2. The second-order valence-corrected chi connectivity index (χ2v) is 7.15. The highest BCUT2D eigenvalue weighted by molar-refractivity contribution is 5.33. The summed E-state index contributed by atoms with van der Waals surface area (Å²) < 4.78 is 6.03. The van der Waals surface area contributed by atoms with Crippen LogP contribution in [0.15, 0.2) is 48.0 Å². The van der Waals surface area contributed by atoms with Gasteiger partial charge in [-0.2, -0.15) is 0 Å². The Morgan fingerprint density at radius 2 is 2.18 bits per heavy atom. The van der Waals surface area contributed by atoms with E-state index in [-0.39, 0.29) is 17.3 Å². The van der Waals surface area contributed by atoms with E-state index in [0.29, 0.717) is 24.1 Å². The molecule has 22 heavy (non-hydrogen) atoms. The zero-order chi connectivity index (χ0) is 15.5. The molecule has 0 radical (unpaired) electrons. The van der Waals surface area contributed by atoms with Gasteiger partial charge in [-0.25, -0.2) is 0 Å². The van der Waals surface area contributed by atoms with E-state index in [0.717, 1.165) is 25.0 Å². The molecular weight excluding hydrogens is 278 g/mol. The molecule has 118 valence electrons. The standard InChI is InChI=1S/C18H23NO3/c1-11-3-5-14(20)16-10-18-7-8-19(2)13(9-11)12(18)4-6-15(21)17(18)22-16/h3-6,12-13,15,17,20-21H,1,7-10H2,2H3/b5-3-,16-14-/t12?,13-,15+,17+,18-/m1/s1. The van der Waals surface area contributed by atoms with Crippen molar-refractivity contribution in [2.24, 2.45) is 11.3 Å². The summed E-state index contributed by atoms with van der Waals surface area (Å²) in [6, 6.07) is 0.361. The number of hydrogen-bond donors (Lipinski definition) is 2. The van der Waals surface area contributed by atoms with Gasteiger partial charge in [-0.1, -0.05) is 30.4 Å². The van der Waals surface area contributed by atoms with Crippen LogP contribution in [0, 0.1) is 11.3 Å². The lowest BCUT2D eigenvalue weighted by atomic mass is 9.58. The maximum Gasteiger partial charge on any atom is 0.153 e. The molecule has 4 rings (SSSR count). The van der Waals surface area contributed by atoms with Crippen LogP contribution in [-0.2, 0) is 4.74 Å². The topological polar surface area (TPSA) is 52.9 Å². The molecule has 0 saturated carbocycles. The zero-order valence-electron chi connectivity index (χ0n) is 12.9. The Labute approximate surface area is 131 Å². The maximum absolute atomic E-state index is 10.4. The number of aliphatic hydroxyl groups is 2. The average Bonchev–Trinajstić information content (AvgIpc) is 2.89. The molecular formula is C18H23NO3. The normalized spacial score (nSPS) is 48.9. The average molecular weight is 301 g/mol. The van der Waals surface area contributed by atoms with Gasteiger partial charge in [-0.05, 0) is 32.5 Å². The van der Waals surface area contributed by atoms with Crippen LogP contribution in [0.5, 0.6) is 0 Å². The van der Waals surface area contributed by atoms with Crippen molar-refractivity contribution >= 4 is 0 Å². The molecule has 2 aliphatic carbocycles. The molecule has 0 aromatic carbocycles. The Balaban J connectivity index is 1.88. The number of rotatable bonds is 0. The third kappa shape index (κ3) is 1.83. The van der Waals surface area contributed by atoms with Crippen molar-refractivity contribution < 1.29 is 14.9 Å². The summed E-state index contributed by atoms with van der Waals surface area (Å²) in [6.07, 6.45) is 9.30. The molecule has 2 aliphatic heterocycles. The van der Waals surface area contributed by atoms with Gasteiger partial charge < -0.3 is 19.8 Å². The van der Waals surface area contributed by atoms with E-state index in [1.165, 1.54) is 0 Å². The number of fused-ring (bicyclic) bond motifs is 1. The molecule has 2 saturated heterocycles. The summed E-state index contributed by atoms with van der Waals surface area (Å²) >= 11 is 0. The van der Waals surface area contributed by atoms with Gasteiger partial charge >= 0.3 is 0 Å². The Hall–Kier alpha value is -1.52. The van der Waals surface area contributed by atoms with E-state index in [2.05, 4.69) is 24.6 Å². The molecule has 1 spiro atoms. The van der Waals surface area contributed by atoms with Crippen molar-refractivity contribution in [2.45, 2.75) is 37.5 Å². The second-order valence-electron chi connectivity index (χ2n) is 7.15. The van der Waals surface area contributed by atoms with Gasteiger partial charge in [-0.15, -0.1) is 0 Å². The van der Waals surface area contributed by atoms with Crippen molar-refractivity contribution in [3.8, 4) is 0 Å². The number of ether oxygens (including phenoxy) is 1. The van der Waals surface area contributed by atoms with E-state index < -0.39 is 6.10 Å². The van der Waals surface area contributed by atoms with Gasteiger partial charge in [0.15, 0.2) is 5.76 Å². The minimum atomic E-state index is -0.599. The van der Waals surface area contributed by atoms with Crippen LogP contribution >= 0.6 is 0 Å². The van der Waals surface area contributed by atoms with Crippen molar-refractivity contribution in [2.75, 3.05) is 13.6 Å². The Morgan fingerprint density at radius 3 is 3.00 bits per heavy atom. The van der Waals surface area contributed by atoms with Crippen LogP contribution in [0.25, 0.3) is 0 Å². The first-order valence-corrected chi connectivity index (χ1v) is 8.02. The molecule has 2 fully saturated rings. The van der Waals surface area contributed by atoms with Crippen molar-refractivity contribution in [1.29, 1.82) is 0 Å². The molecule has 0 aromatic rings. The Kier molecular flexibility index (Phi) is 3.03. The number of hydrogen-bond acceptors (Lipinski definition) is 4. The molecule has 4 heteroatoms. The van der Waals surface area contributed by atoms with Gasteiger partial charge in [0.1, 0.15) is 18.0 Å². The highest BCUT2D eigenvalue weighted by atomic mass is 16.5. The smallest absolute Gasteiger partial charge is 0.153 e. The zero-order valence-corrected chi connectivity index (χ0v) is 12.9. The largest absolute Gasteiger partial charge is 0.504 e. The van der Waals surface area contributed by atoms with Gasteiger partial charge in [0.25, 0.3) is 0 Å². The molecule has 5 atom stereocenters. The van der Waals surface area contributed by atoms with E-state index in [1.54, 1.807) is 6.08 Å². The molecule has 0 aromatic heterocycles. The molecule has 1 unspecified atom stereocenters. The van der Waals surface area contributed by atoms with E-state index in [9.17, 15) is 10.2 Å². The first-order chi connectivity index (χ1) is 10.5. The quantitative estimate of drug-likeness (QED) is 0.674. The fourth-order valence-electron chi connectivity index (χ4n) is 4.75. The van der Waals surface area contributed by atoms with Gasteiger partial charge in [-0.3, -0.25) is 0 Å². The first kappa shape index (κ1) is 14.1. The first-order valence-electron chi connectivity index (χ1n) is 8.02. The Bertz CT molecular complexity index is 605. The predicted octanol–water partition coefficient (Wildman–Crippen LogP) is 2.30. The van der Waals surface area contributed by atoms with E-state index in [4.69, 9.17) is 4.74 Å². The number of likely N-dealkylation sites (tertiary alicyclic amines) is 1. The summed E-state index contributed by atoms with van der Waals surface area (Å²) in [4.78, 5) is 2.40. The van der Waals surface area contributed by atoms with Crippen molar-refractivity contribution in [3.63, 3.8) is 0 Å². The fourth-order valence-corrected chi connectivity index (χ4v) is 4.75. The molecule has 4 aliphatic rings. The van der Waals surface area contributed by atoms with E-state index >= 15 is 0 Å². The van der Waals surface area contributed by atoms with Gasteiger partial charge in [0.05, 0.1) is 0 Å². The maximum atomic E-state index is 10.4. The lowest BCUT2D eigenvalue weighted by Gasteiger charge is -2.53. The van der Waals surface area contributed by atoms with Crippen molar-refractivity contribution in [1.82, 2.24) is 4.90 Å². The summed E-state index contributed by atoms with van der Waals surface area (Å²) in [5.41, 5.74) is 0.901. The number of piperidine rings is 1. The number of nitrogens with zero attached hydrogens (tertiary/aromatic N) is 1. The summed E-state index contributed by atoms with van der Waals surface area (Å²) in [7, 11) is 2.16. The summed E-state index contributed by atoms with van der Waals surface area (Å²) in [6.45, 7) is 5.11. The summed E-state index contributed by atoms with van der Waals surface area (Å²) in [5, 5.41) is 20.7. The number of allylic oxidation sites excluding steroid dienone is 3. The molecule has 0 amide bonds. The van der Waals surface area contributed by atoms with Crippen LogP contribution in [0.3, 0.4) is 0 Å². The highest BCUT2D eigenvalue weighted by Crippen LogP contribution is 2.57. The second kappa shape index (κ2) is 4.74. The van der Waals surface area contributed by atoms with Crippen LogP contribution in [0.4, 0.5) is 0 Å². The predicted molar refractivity (Wildman–Crippen MR) is 84.1 cm³/mol. The Morgan fingerprint density at radius 1 is 1.36 bits per heavy atom. The third-order valence-corrected chi connectivity index (χ3v) is 5.96. The minimum Gasteiger partial charge on any atom is -0.504 e. The molecule has 2 N–H and O–H groups in total. The summed E-state index contributed by atoms with van der Waals surface area (Å²) in [5.74, 6) is 1.11. The lowest BCUT2D eigenvalue weighted by molar-refractivity contribution is -0.0848. The molecule has 2 heterocycles. The fraction of sp³-hybridized carbons (Fsp3) is 0.556. The van der Waals surface area contributed by atoms with Gasteiger partial charge in [0.2, 0.25) is 0 Å². The van der Waals surface area contributed by atoms with Crippen LogP contribution in [0.1, 0.15) is 19.3 Å². The lowest BCUT2D eigenvalue weighted by Crippen LogP contribution is -2.58. The molecule has 4 nitrogen and oxygen atoms in total. The van der Waals surface area contributed by atoms with Crippen molar-refractivity contribution in [3.05, 3.63) is 48.0 Å². The molecule has 3 bridgehead atoms. The minimum absolute atomic E-state index is 0.111. The van der Waals surface area contributed by atoms with Crippen LogP contribution < -0.4 is 0 Å². The van der Waals surface area contributed by atoms with E-state index in [1.807, 2.05) is 12.2 Å². The monoisotopic (exact) mass is 301 g/mol. The highest BCUT2D eigenvalue weighted by Gasteiger charge is 2.60. The van der Waals surface area contributed by atoms with Gasteiger partial charge in [0, 0.05) is 23.8 Å². The third-order valence-electron chi connectivity index (χ3n) is 5.96.